The highest BCUT2D eigenvalue weighted by Gasteiger charge is 2.07. The molecule has 0 fully saturated rings. The van der Waals surface area contributed by atoms with Crippen LogP contribution in [0.3, 0.4) is 0 Å². The van der Waals surface area contributed by atoms with Crippen molar-refractivity contribution in [2.75, 3.05) is 17.2 Å². The van der Waals surface area contributed by atoms with Crippen molar-refractivity contribution in [1.29, 1.82) is 0 Å². The Labute approximate surface area is 173 Å². The first-order chi connectivity index (χ1) is 14.7. The minimum atomic E-state index is -0.196. The molecule has 0 saturated carbocycles. The van der Waals surface area contributed by atoms with Crippen molar-refractivity contribution in [3.05, 3.63) is 72.0 Å². The normalized spacial score (nSPS) is 10.7. The highest BCUT2D eigenvalue weighted by atomic mass is 16.5. The van der Waals surface area contributed by atoms with Gasteiger partial charge in [-0.1, -0.05) is 47.6 Å². The van der Waals surface area contributed by atoms with Crippen LogP contribution in [-0.4, -0.2) is 37.8 Å². The number of rotatable bonds is 8. The van der Waals surface area contributed by atoms with Gasteiger partial charge in [0, 0.05) is 17.3 Å². The number of carbonyl (C=O) groups is 1. The first-order valence-corrected chi connectivity index (χ1v) is 9.55. The Morgan fingerprint density at radius 1 is 1.10 bits per heavy atom. The first kappa shape index (κ1) is 19.3. The maximum Gasteiger partial charge on any atom is 0.244 e. The predicted octanol–water partition coefficient (Wildman–Crippen LogP) is 2.93. The van der Waals surface area contributed by atoms with E-state index >= 15 is 0 Å². The Balaban J connectivity index is 1.25. The van der Waals surface area contributed by atoms with Crippen LogP contribution in [-0.2, 0) is 17.8 Å². The molecule has 0 atom stereocenters. The predicted molar refractivity (Wildman–Crippen MR) is 112 cm³/mol. The summed E-state index contributed by atoms with van der Waals surface area (Å²) >= 11 is 0. The van der Waals surface area contributed by atoms with E-state index in [1.54, 1.807) is 17.8 Å². The molecular formula is C21H21N7O2. The smallest absolute Gasteiger partial charge is 0.244 e. The van der Waals surface area contributed by atoms with Gasteiger partial charge in [-0.3, -0.25) is 4.79 Å². The molecule has 0 aliphatic carbocycles. The third kappa shape index (κ3) is 5.07. The Morgan fingerprint density at radius 2 is 1.90 bits per heavy atom. The molecule has 0 spiro atoms. The van der Waals surface area contributed by atoms with Crippen LogP contribution in [0.1, 0.15) is 11.3 Å². The first-order valence-electron chi connectivity index (χ1n) is 9.55. The van der Waals surface area contributed by atoms with E-state index in [9.17, 15) is 4.79 Å². The van der Waals surface area contributed by atoms with Gasteiger partial charge in [-0.05, 0) is 36.3 Å². The maximum absolute atomic E-state index is 11.9. The average Bonchev–Trinajstić information content (AvgIpc) is 3.41. The fraction of sp³-hybridized carbons (Fsp3) is 0.190. The number of nitrogens with zero attached hydrogens (tertiary/aromatic N) is 5. The van der Waals surface area contributed by atoms with Gasteiger partial charge in [0.1, 0.15) is 5.76 Å². The van der Waals surface area contributed by atoms with Gasteiger partial charge in [-0.15, -0.1) is 10.2 Å². The molecule has 30 heavy (non-hydrogen) atoms. The fourth-order valence-electron chi connectivity index (χ4n) is 2.85. The standard InChI is InChI=1S/C21H21N7O2/c1-15-13-19(26-30-15)23-20(29)14-22-18-9-7-16(8-10-18)11-12-28-25-21(24-27-28)17-5-3-2-4-6-17/h2-10,13,22H,11-12,14H2,1H3,(H,23,26,29). The molecule has 2 N–H and O–H groups in total. The van der Waals surface area contributed by atoms with Gasteiger partial charge >= 0.3 is 0 Å². The van der Waals surface area contributed by atoms with E-state index in [2.05, 4.69) is 31.2 Å². The number of aromatic nitrogens is 5. The Kier molecular flexibility index (Phi) is 5.79. The summed E-state index contributed by atoms with van der Waals surface area (Å²) in [7, 11) is 0. The number of anilines is 2. The minimum Gasteiger partial charge on any atom is -0.376 e. The lowest BCUT2D eigenvalue weighted by Crippen LogP contribution is -2.21. The molecule has 1 amide bonds. The van der Waals surface area contributed by atoms with Crippen molar-refractivity contribution in [2.24, 2.45) is 0 Å². The van der Waals surface area contributed by atoms with Gasteiger partial charge in [0.25, 0.3) is 0 Å². The summed E-state index contributed by atoms with van der Waals surface area (Å²) in [5, 5.41) is 22.1. The Hall–Kier alpha value is -4.01. The lowest BCUT2D eigenvalue weighted by Gasteiger charge is -2.07. The Bertz CT molecular complexity index is 1100. The number of hydrogen-bond donors (Lipinski definition) is 2. The molecule has 0 aliphatic heterocycles. The third-order valence-electron chi connectivity index (χ3n) is 4.39. The molecule has 4 rings (SSSR count). The number of tetrazole rings is 1. The Morgan fingerprint density at radius 3 is 2.63 bits per heavy atom. The lowest BCUT2D eigenvalue weighted by atomic mass is 10.1. The van der Waals surface area contributed by atoms with Crippen LogP contribution < -0.4 is 10.6 Å². The number of hydrogen-bond acceptors (Lipinski definition) is 7. The molecule has 0 bridgehead atoms. The molecule has 0 unspecified atom stereocenters. The van der Waals surface area contributed by atoms with E-state index in [1.807, 2.05) is 54.6 Å². The molecule has 9 heteroatoms. The molecule has 9 nitrogen and oxygen atoms in total. The molecule has 0 aliphatic rings. The zero-order valence-corrected chi connectivity index (χ0v) is 16.4. The van der Waals surface area contributed by atoms with Crippen LogP contribution in [0, 0.1) is 6.92 Å². The van der Waals surface area contributed by atoms with E-state index in [0.717, 1.165) is 23.2 Å². The van der Waals surface area contributed by atoms with Crippen LogP contribution in [0.15, 0.2) is 65.2 Å². The van der Waals surface area contributed by atoms with Crippen LogP contribution in [0.25, 0.3) is 11.4 Å². The molecule has 152 valence electrons. The second-order valence-corrected chi connectivity index (χ2v) is 6.75. The van der Waals surface area contributed by atoms with E-state index in [1.165, 1.54) is 0 Å². The zero-order chi connectivity index (χ0) is 20.8. The number of aryl methyl sites for hydroxylation is 3. The SMILES string of the molecule is Cc1cc(NC(=O)CNc2ccc(CCn3nnc(-c4ccccc4)n3)cc2)no1. The highest BCUT2D eigenvalue weighted by molar-refractivity contribution is 5.92. The summed E-state index contributed by atoms with van der Waals surface area (Å²) in [4.78, 5) is 13.5. The molecule has 0 saturated heterocycles. The van der Waals surface area contributed by atoms with Crippen molar-refractivity contribution in [3.8, 4) is 11.4 Å². The topological polar surface area (TPSA) is 111 Å². The van der Waals surface area contributed by atoms with E-state index in [4.69, 9.17) is 4.52 Å². The van der Waals surface area contributed by atoms with Gasteiger partial charge in [0.05, 0.1) is 13.1 Å². The number of carbonyl (C=O) groups excluding carboxylic acids is 1. The van der Waals surface area contributed by atoms with Crippen LogP contribution in [0.5, 0.6) is 0 Å². The number of nitrogens with one attached hydrogen (secondary N) is 2. The number of amides is 1. The largest absolute Gasteiger partial charge is 0.376 e. The van der Waals surface area contributed by atoms with E-state index in [-0.39, 0.29) is 12.5 Å². The molecular weight excluding hydrogens is 382 g/mol. The van der Waals surface area contributed by atoms with Crippen molar-refractivity contribution in [1.82, 2.24) is 25.4 Å². The zero-order valence-electron chi connectivity index (χ0n) is 16.4. The van der Waals surface area contributed by atoms with Gasteiger partial charge in [-0.2, -0.15) is 4.80 Å². The molecule has 2 aromatic carbocycles. The summed E-state index contributed by atoms with van der Waals surface area (Å²) in [6.07, 6.45) is 0.775. The minimum absolute atomic E-state index is 0.135. The summed E-state index contributed by atoms with van der Waals surface area (Å²) in [6, 6.07) is 19.3. The van der Waals surface area contributed by atoms with E-state index < -0.39 is 0 Å². The third-order valence-corrected chi connectivity index (χ3v) is 4.39. The van der Waals surface area contributed by atoms with Crippen molar-refractivity contribution in [2.45, 2.75) is 19.9 Å². The van der Waals surface area contributed by atoms with Gasteiger partial charge in [-0.25, -0.2) is 0 Å². The van der Waals surface area contributed by atoms with E-state index in [0.29, 0.717) is 23.9 Å². The summed E-state index contributed by atoms with van der Waals surface area (Å²) in [6.45, 7) is 2.53. The van der Waals surface area contributed by atoms with Crippen LogP contribution in [0.4, 0.5) is 11.5 Å². The van der Waals surface area contributed by atoms with Crippen LogP contribution in [0.2, 0.25) is 0 Å². The van der Waals surface area contributed by atoms with Gasteiger partial charge in [0.15, 0.2) is 5.82 Å². The summed E-state index contributed by atoms with van der Waals surface area (Å²) in [5.74, 6) is 1.48. The van der Waals surface area contributed by atoms with Gasteiger partial charge in [0.2, 0.25) is 11.7 Å². The quantitative estimate of drug-likeness (QED) is 0.465. The maximum atomic E-state index is 11.9. The second kappa shape index (κ2) is 8.99. The average molecular weight is 403 g/mol. The van der Waals surface area contributed by atoms with Crippen molar-refractivity contribution >= 4 is 17.4 Å². The second-order valence-electron chi connectivity index (χ2n) is 6.75. The monoisotopic (exact) mass is 403 g/mol. The summed E-state index contributed by atoms with van der Waals surface area (Å²) in [5.41, 5.74) is 2.94. The molecule has 0 radical (unpaired) electrons. The molecule has 4 aromatic rings. The highest BCUT2D eigenvalue weighted by Crippen LogP contribution is 2.13. The van der Waals surface area contributed by atoms with Crippen molar-refractivity contribution < 1.29 is 9.32 Å². The van der Waals surface area contributed by atoms with Gasteiger partial charge < -0.3 is 15.2 Å². The fourth-order valence-corrected chi connectivity index (χ4v) is 2.85. The van der Waals surface area contributed by atoms with Crippen molar-refractivity contribution in [3.63, 3.8) is 0 Å². The number of benzene rings is 2. The molecule has 2 heterocycles. The summed E-state index contributed by atoms with van der Waals surface area (Å²) < 4.78 is 4.92. The molecule has 2 aromatic heterocycles. The van der Waals surface area contributed by atoms with Crippen LogP contribution >= 0.6 is 0 Å². The lowest BCUT2D eigenvalue weighted by molar-refractivity contribution is -0.114.